The summed E-state index contributed by atoms with van der Waals surface area (Å²) in [5.41, 5.74) is -1.71. The Labute approximate surface area is 118 Å². The molecule has 0 fully saturated rings. The molecule has 1 unspecified atom stereocenters. The van der Waals surface area contributed by atoms with E-state index in [9.17, 15) is 23.7 Å². The molecule has 0 heterocycles. The van der Waals surface area contributed by atoms with E-state index in [1.165, 1.54) is 0 Å². The lowest BCUT2D eigenvalue weighted by molar-refractivity contribution is -0.387. The van der Waals surface area contributed by atoms with Crippen molar-refractivity contribution in [2.24, 2.45) is 0 Å². The topological polar surface area (TPSA) is 72.2 Å². The lowest BCUT2D eigenvalue weighted by Gasteiger charge is -2.09. The van der Waals surface area contributed by atoms with E-state index in [0.29, 0.717) is 23.8 Å². The van der Waals surface area contributed by atoms with Crippen molar-refractivity contribution in [3.8, 4) is 0 Å². The highest BCUT2D eigenvalue weighted by Crippen LogP contribution is 2.22. The van der Waals surface area contributed by atoms with Crippen LogP contribution >= 0.6 is 11.8 Å². The van der Waals surface area contributed by atoms with Crippen LogP contribution in [0.3, 0.4) is 0 Å². The Kier molecular flexibility index (Phi) is 5.87. The van der Waals surface area contributed by atoms with E-state index in [-0.39, 0.29) is 6.54 Å². The van der Waals surface area contributed by atoms with Crippen molar-refractivity contribution in [1.82, 2.24) is 5.32 Å². The second-order valence-electron chi connectivity index (χ2n) is 4.13. The number of hydrogen-bond acceptors (Lipinski definition) is 4. The summed E-state index contributed by atoms with van der Waals surface area (Å²) in [6.07, 6.45) is 2.58. The predicted octanol–water partition coefficient (Wildman–Crippen LogP) is 2.74. The third kappa shape index (κ3) is 4.16. The van der Waals surface area contributed by atoms with Crippen LogP contribution < -0.4 is 5.32 Å². The first-order valence-corrected chi connectivity index (χ1v) is 7.10. The Hall–Kier alpha value is -1.70. The number of nitrogens with zero attached hydrogens (tertiary/aromatic N) is 1. The number of carbonyl (C=O) groups is 1. The second-order valence-corrected chi connectivity index (χ2v) is 5.41. The number of nitro groups is 1. The number of halogens is 2. The number of hydrogen-bond donors (Lipinski definition) is 1. The van der Waals surface area contributed by atoms with Crippen LogP contribution in [0.1, 0.15) is 23.7 Å². The van der Waals surface area contributed by atoms with E-state index in [2.05, 4.69) is 5.32 Å². The van der Waals surface area contributed by atoms with Crippen LogP contribution in [-0.4, -0.2) is 28.9 Å². The number of nitro benzene ring substituents is 1. The van der Waals surface area contributed by atoms with Gasteiger partial charge in [0.2, 0.25) is 5.82 Å². The lowest BCUT2D eigenvalue weighted by Crippen LogP contribution is -2.27. The van der Waals surface area contributed by atoms with Crippen molar-refractivity contribution in [1.29, 1.82) is 0 Å². The van der Waals surface area contributed by atoms with Gasteiger partial charge in [-0.3, -0.25) is 14.9 Å². The fraction of sp³-hybridized carbons (Fsp3) is 0.417. The van der Waals surface area contributed by atoms with E-state index in [1.807, 2.05) is 13.2 Å². The molecular formula is C12H14F2N2O3S. The minimum atomic E-state index is -1.33. The first kappa shape index (κ1) is 16.4. The second kappa shape index (κ2) is 7.18. The fourth-order valence-corrected chi connectivity index (χ4v) is 1.83. The molecule has 20 heavy (non-hydrogen) atoms. The monoisotopic (exact) mass is 304 g/mol. The van der Waals surface area contributed by atoms with Gasteiger partial charge in [0.1, 0.15) is 5.82 Å². The van der Waals surface area contributed by atoms with Gasteiger partial charge in [0, 0.05) is 11.8 Å². The average Bonchev–Trinajstić information content (AvgIpc) is 2.40. The molecule has 1 aromatic rings. The third-order valence-electron chi connectivity index (χ3n) is 2.70. The summed E-state index contributed by atoms with van der Waals surface area (Å²) in [5, 5.41) is 13.3. The molecule has 0 aliphatic carbocycles. The van der Waals surface area contributed by atoms with Crippen LogP contribution in [0.2, 0.25) is 0 Å². The Balaban J connectivity index is 2.85. The molecular weight excluding hydrogens is 290 g/mol. The van der Waals surface area contributed by atoms with Crippen molar-refractivity contribution < 1.29 is 18.5 Å². The van der Waals surface area contributed by atoms with E-state index in [4.69, 9.17) is 0 Å². The molecule has 8 heteroatoms. The summed E-state index contributed by atoms with van der Waals surface area (Å²) in [6.45, 7) is 2.25. The maximum absolute atomic E-state index is 13.7. The molecule has 5 nitrogen and oxygen atoms in total. The van der Waals surface area contributed by atoms with Crippen molar-refractivity contribution in [2.45, 2.75) is 18.6 Å². The molecule has 110 valence electrons. The SMILES string of the molecule is CSC(C)CCNC(=O)c1cc(F)cc([N+](=O)[O-])c1F. The summed E-state index contributed by atoms with van der Waals surface area (Å²) in [7, 11) is 0. The van der Waals surface area contributed by atoms with Crippen LogP contribution in [0.15, 0.2) is 12.1 Å². The van der Waals surface area contributed by atoms with E-state index in [0.717, 1.165) is 0 Å². The van der Waals surface area contributed by atoms with E-state index < -0.39 is 33.7 Å². The van der Waals surface area contributed by atoms with Gasteiger partial charge in [0.05, 0.1) is 16.6 Å². The van der Waals surface area contributed by atoms with Crippen LogP contribution in [0.25, 0.3) is 0 Å². The Morgan fingerprint density at radius 3 is 2.70 bits per heavy atom. The average molecular weight is 304 g/mol. The highest BCUT2D eigenvalue weighted by molar-refractivity contribution is 7.99. The standard InChI is InChI=1S/C12H14F2N2O3S/c1-7(20-2)3-4-15-12(17)9-5-8(13)6-10(11(9)14)16(18)19/h5-7H,3-4H2,1-2H3,(H,15,17). The van der Waals surface area contributed by atoms with Crippen LogP contribution in [-0.2, 0) is 0 Å². The summed E-state index contributed by atoms with van der Waals surface area (Å²) >= 11 is 1.61. The highest BCUT2D eigenvalue weighted by Gasteiger charge is 2.24. The minimum Gasteiger partial charge on any atom is -0.352 e. The number of rotatable bonds is 6. The molecule has 0 saturated heterocycles. The first-order valence-electron chi connectivity index (χ1n) is 5.81. The van der Waals surface area contributed by atoms with Gasteiger partial charge < -0.3 is 5.32 Å². The Morgan fingerprint density at radius 1 is 1.50 bits per heavy atom. The minimum absolute atomic E-state index is 0.282. The van der Waals surface area contributed by atoms with Gasteiger partial charge in [0.25, 0.3) is 5.91 Å². The van der Waals surface area contributed by atoms with Crippen LogP contribution in [0, 0.1) is 21.7 Å². The number of carbonyl (C=O) groups excluding carboxylic acids is 1. The highest BCUT2D eigenvalue weighted by atomic mass is 32.2. The first-order chi connectivity index (χ1) is 9.36. The maximum Gasteiger partial charge on any atom is 0.308 e. The molecule has 0 aliphatic rings. The van der Waals surface area contributed by atoms with Crippen molar-refractivity contribution in [2.75, 3.05) is 12.8 Å². The number of thioether (sulfide) groups is 1. The van der Waals surface area contributed by atoms with Gasteiger partial charge in [-0.1, -0.05) is 6.92 Å². The zero-order valence-electron chi connectivity index (χ0n) is 11.0. The lowest BCUT2D eigenvalue weighted by atomic mass is 10.1. The summed E-state index contributed by atoms with van der Waals surface area (Å²) in [6, 6.07) is 1.09. The Bertz CT molecular complexity index is 526. The van der Waals surface area contributed by atoms with Gasteiger partial charge >= 0.3 is 5.69 Å². The smallest absolute Gasteiger partial charge is 0.308 e. The zero-order valence-corrected chi connectivity index (χ0v) is 11.8. The summed E-state index contributed by atoms with van der Waals surface area (Å²) in [4.78, 5) is 21.2. The van der Waals surface area contributed by atoms with Gasteiger partial charge in [-0.25, -0.2) is 4.39 Å². The van der Waals surface area contributed by atoms with E-state index >= 15 is 0 Å². The molecule has 0 bridgehead atoms. The molecule has 0 radical (unpaired) electrons. The molecule has 0 aromatic heterocycles. The predicted molar refractivity (Wildman–Crippen MR) is 72.9 cm³/mol. The van der Waals surface area contributed by atoms with Crippen molar-refractivity contribution in [3.05, 3.63) is 39.4 Å². The number of benzene rings is 1. The third-order valence-corrected chi connectivity index (χ3v) is 3.74. The maximum atomic E-state index is 13.7. The van der Waals surface area contributed by atoms with E-state index in [1.54, 1.807) is 11.8 Å². The zero-order chi connectivity index (χ0) is 15.3. The van der Waals surface area contributed by atoms with Crippen LogP contribution in [0.5, 0.6) is 0 Å². The molecule has 1 atom stereocenters. The van der Waals surface area contributed by atoms with Gasteiger partial charge in [-0.15, -0.1) is 0 Å². The van der Waals surface area contributed by atoms with Crippen LogP contribution in [0.4, 0.5) is 14.5 Å². The van der Waals surface area contributed by atoms with Gasteiger partial charge in [0.15, 0.2) is 0 Å². The molecule has 1 amide bonds. The fourth-order valence-electron chi connectivity index (χ4n) is 1.47. The normalized spacial score (nSPS) is 12.0. The van der Waals surface area contributed by atoms with Gasteiger partial charge in [-0.05, 0) is 18.7 Å². The number of amides is 1. The molecule has 0 saturated carbocycles. The van der Waals surface area contributed by atoms with Crippen molar-refractivity contribution >= 4 is 23.4 Å². The molecule has 1 N–H and O–H groups in total. The Morgan fingerprint density at radius 2 is 2.15 bits per heavy atom. The largest absolute Gasteiger partial charge is 0.352 e. The molecule has 1 rings (SSSR count). The number of nitrogens with one attached hydrogen (secondary N) is 1. The molecule has 0 spiro atoms. The summed E-state index contributed by atoms with van der Waals surface area (Å²) < 4.78 is 26.9. The molecule has 0 aliphatic heterocycles. The van der Waals surface area contributed by atoms with Gasteiger partial charge in [-0.2, -0.15) is 16.2 Å². The molecule has 1 aromatic carbocycles. The summed E-state index contributed by atoms with van der Waals surface area (Å²) in [5.74, 6) is -3.22. The quantitative estimate of drug-likeness (QED) is 0.648. The van der Waals surface area contributed by atoms with Crippen molar-refractivity contribution in [3.63, 3.8) is 0 Å².